The van der Waals surface area contributed by atoms with E-state index >= 15 is 0 Å². The third kappa shape index (κ3) is 1.91. The van der Waals surface area contributed by atoms with Crippen LogP contribution in [-0.4, -0.2) is 6.08 Å². The van der Waals surface area contributed by atoms with Crippen LogP contribution in [0.1, 0.15) is 12.5 Å². The van der Waals surface area contributed by atoms with Gasteiger partial charge in [0.25, 0.3) is 0 Å². The number of isocyanates is 1. The zero-order chi connectivity index (χ0) is 8.81. The van der Waals surface area contributed by atoms with Crippen LogP contribution in [0.15, 0.2) is 41.4 Å². The van der Waals surface area contributed by atoms with E-state index in [0.717, 1.165) is 5.56 Å². The van der Waals surface area contributed by atoms with Crippen molar-refractivity contribution in [1.82, 2.24) is 0 Å². The molecule has 60 valence electrons. The van der Waals surface area contributed by atoms with Gasteiger partial charge in [0.2, 0.25) is 6.08 Å². The number of hydrogen-bond acceptors (Lipinski definition) is 2. The molecule has 0 aliphatic carbocycles. The second-order valence-electron chi connectivity index (χ2n) is 2.24. The first-order valence-electron chi connectivity index (χ1n) is 3.68. The summed E-state index contributed by atoms with van der Waals surface area (Å²) >= 11 is 0. The Balaban J connectivity index is 3.05. The molecule has 0 atom stereocenters. The van der Waals surface area contributed by atoms with Gasteiger partial charge in [-0.15, -0.1) is 0 Å². The van der Waals surface area contributed by atoms with Crippen molar-refractivity contribution in [3.8, 4) is 0 Å². The number of aliphatic imine (C=N–C) groups is 1. The van der Waals surface area contributed by atoms with Gasteiger partial charge in [0.1, 0.15) is 0 Å². The van der Waals surface area contributed by atoms with Crippen molar-refractivity contribution < 1.29 is 4.79 Å². The Morgan fingerprint density at radius 1 is 1.42 bits per heavy atom. The van der Waals surface area contributed by atoms with E-state index < -0.39 is 0 Å². The predicted molar refractivity (Wildman–Crippen MR) is 48.2 cm³/mol. The molecule has 0 saturated heterocycles. The van der Waals surface area contributed by atoms with Crippen LogP contribution in [0.25, 0.3) is 5.70 Å². The highest BCUT2D eigenvalue weighted by atomic mass is 16.1. The van der Waals surface area contributed by atoms with Gasteiger partial charge in [-0.05, 0) is 6.92 Å². The first-order valence-corrected chi connectivity index (χ1v) is 3.68. The van der Waals surface area contributed by atoms with E-state index in [1.54, 1.807) is 6.08 Å². The lowest BCUT2D eigenvalue weighted by Gasteiger charge is -1.96. The summed E-state index contributed by atoms with van der Waals surface area (Å²) < 4.78 is 0. The fourth-order valence-electron chi connectivity index (χ4n) is 0.954. The van der Waals surface area contributed by atoms with Crippen LogP contribution in [-0.2, 0) is 4.79 Å². The van der Waals surface area contributed by atoms with Crippen molar-refractivity contribution in [2.45, 2.75) is 6.92 Å². The lowest BCUT2D eigenvalue weighted by molar-refractivity contribution is 0.565. The van der Waals surface area contributed by atoms with Crippen molar-refractivity contribution in [3.63, 3.8) is 0 Å². The summed E-state index contributed by atoms with van der Waals surface area (Å²) in [6, 6.07) is 9.52. The summed E-state index contributed by atoms with van der Waals surface area (Å²) in [7, 11) is 0. The SMILES string of the molecule is C/C=C(\N=C=O)c1ccccc1. The van der Waals surface area contributed by atoms with E-state index in [1.165, 1.54) is 6.08 Å². The smallest absolute Gasteiger partial charge is 0.211 e. The largest absolute Gasteiger partial charge is 0.240 e. The highest BCUT2D eigenvalue weighted by molar-refractivity contribution is 5.68. The minimum Gasteiger partial charge on any atom is -0.211 e. The van der Waals surface area contributed by atoms with Crippen LogP contribution in [0.5, 0.6) is 0 Å². The first-order chi connectivity index (χ1) is 5.88. The normalized spacial score (nSPS) is 10.6. The molecule has 12 heavy (non-hydrogen) atoms. The Kier molecular flexibility index (Phi) is 3.00. The van der Waals surface area contributed by atoms with Crippen molar-refractivity contribution in [2.75, 3.05) is 0 Å². The second kappa shape index (κ2) is 4.27. The zero-order valence-electron chi connectivity index (χ0n) is 6.82. The van der Waals surface area contributed by atoms with Crippen LogP contribution >= 0.6 is 0 Å². The molecule has 1 aromatic carbocycles. The van der Waals surface area contributed by atoms with E-state index in [9.17, 15) is 4.79 Å². The molecule has 0 radical (unpaired) electrons. The first kappa shape index (κ1) is 8.44. The predicted octanol–water partition coefficient (Wildman–Crippen LogP) is 2.38. The number of allylic oxidation sites excluding steroid dienone is 1. The third-order valence-corrected chi connectivity index (χ3v) is 1.51. The molecule has 1 rings (SSSR count). The monoisotopic (exact) mass is 159 g/mol. The molecule has 0 aromatic heterocycles. The molecule has 0 fully saturated rings. The maximum atomic E-state index is 10.0. The average Bonchev–Trinajstić information content (AvgIpc) is 2.15. The van der Waals surface area contributed by atoms with Crippen LogP contribution in [0, 0.1) is 0 Å². The molecular formula is C10H9NO. The molecule has 2 nitrogen and oxygen atoms in total. The van der Waals surface area contributed by atoms with E-state index in [4.69, 9.17) is 0 Å². The van der Waals surface area contributed by atoms with Gasteiger partial charge in [0.05, 0.1) is 5.70 Å². The number of nitrogens with zero attached hydrogens (tertiary/aromatic N) is 1. The van der Waals surface area contributed by atoms with Crippen LogP contribution in [0.3, 0.4) is 0 Å². The zero-order valence-corrected chi connectivity index (χ0v) is 6.82. The van der Waals surface area contributed by atoms with Crippen molar-refractivity contribution in [1.29, 1.82) is 0 Å². The lowest BCUT2D eigenvalue weighted by atomic mass is 10.1. The second-order valence-corrected chi connectivity index (χ2v) is 2.24. The Labute approximate surface area is 71.3 Å². The Bertz CT molecular complexity index is 321. The molecule has 0 unspecified atom stereocenters. The summed E-state index contributed by atoms with van der Waals surface area (Å²) in [5.74, 6) is 0. The number of rotatable bonds is 2. The quantitative estimate of drug-likeness (QED) is 0.481. The maximum Gasteiger partial charge on any atom is 0.240 e. The molecule has 0 N–H and O–H groups in total. The van der Waals surface area contributed by atoms with Gasteiger partial charge in [0, 0.05) is 5.56 Å². The topological polar surface area (TPSA) is 29.4 Å². The van der Waals surface area contributed by atoms with Crippen molar-refractivity contribution in [3.05, 3.63) is 42.0 Å². The van der Waals surface area contributed by atoms with Crippen LogP contribution in [0.4, 0.5) is 0 Å². The van der Waals surface area contributed by atoms with Gasteiger partial charge in [-0.2, -0.15) is 4.99 Å². The van der Waals surface area contributed by atoms with Crippen LogP contribution in [0.2, 0.25) is 0 Å². The van der Waals surface area contributed by atoms with Crippen molar-refractivity contribution >= 4 is 11.8 Å². The Morgan fingerprint density at radius 2 is 2.08 bits per heavy atom. The summed E-state index contributed by atoms with van der Waals surface area (Å²) in [6.07, 6.45) is 3.30. The third-order valence-electron chi connectivity index (χ3n) is 1.51. The minimum absolute atomic E-state index is 0.658. The number of benzene rings is 1. The molecular weight excluding hydrogens is 150 g/mol. The molecule has 0 spiro atoms. The standard InChI is InChI=1S/C10H9NO/c1-2-10(11-8-12)9-6-4-3-5-7-9/h2-7H,1H3/b10-2-. The number of hydrogen-bond donors (Lipinski definition) is 0. The summed E-state index contributed by atoms with van der Waals surface area (Å²) in [5, 5.41) is 0. The molecule has 0 aliphatic heterocycles. The average molecular weight is 159 g/mol. The molecule has 2 heteroatoms. The van der Waals surface area contributed by atoms with Gasteiger partial charge in [0.15, 0.2) is 0 Å². The summed E-state index contributed by atoms with van der Waals surface area (Å²) in [5.41, 5.74) is 1.59. The van der Waals surface area contributed by atoms with Crippen LogP contribution < -0.4 is 0 Å². The van der Waals surface area contributed by atoms with Gasteiger partial charge >= 0.3 is 0 Å². The minimum atomic E-state index is 0.658. The van der Waals surface area contributed by atoms with Gasteiger partial charge < -0.3 is 0 Å². The van der Waals surface area contributed by atoms with Gasteiger partial charge in [-0.25, -0.2) is 4.79 Å². The Hall–Kier alpha value is -1.66. The Morgan fingerprint density at radius 3 is 2.58 bits per heavy atom. The molecule has 0 bridgehead atoms. The molecule has 0 saturated carbocycles. The van der Waals surface area contributed by atoms with Gasteiger partial charge in [-0.3, -0.25) is 0 Å². The molecule has 0 heterocycles. The van der Waals surface area contributed by atoms with Crippen molar-refractivity contribution in [2.24, 2.45) is 4.99 Å². The maximum absolute atomic E-state index is 10.0. The fraction of sp³-hybridized carbons (Fsp3) is 0.100. The molecule has 0 aliphatic rings. The molecule has 1 aromatic rings. The number of carbonyl (C=O) groups excluding carboxylic acids is 1. The highest BCUT2D eigenvalue weighted by Gasteiger charge is 1.94. The lowest BCUT2D eigenvalue weighted by Crippen LogP contribution is -1.78. The molecule has 0 amide bonds. The summed E-state index contributed by atoms with van der Waals surface area (Å²) in [4.78, 5) is 13.6. The van der Waals surface area contributed by atoms with E-state index in [0.29, 0.717) is 5.70 Å². The van der Waals surface area contributed by atoms with Gasteiger partial charge in [-0.1, -0.05) is 36.4 Å². The van der Waals surface area contributed by atoms with E-state index in [-0.39, 0.29) is 0 Å². The summed E-state index contributed by atoms with van der Waals surface area (Å²) in [6.45, 7) is 1.84. The fourth-order valence-corrected chi connectivity index (χ4v) is 0.954. The van der Waals surface area contributed by atoms with E-state index in [2.05, 4.69) is 4.99 Å². The van der Waals surface area contributed by atoms with E-state index in [1.807, 2.05) is 37.3 Å². The highest BCUT2D eigenvalue weighted by Crippen LogP contribution is 2.13.